The van der Waals surface area contributed by atoms with E-state index in [0.717, 1.165) is 42.6 Å². The van der Waals surface area contributed by atoms with Crippen LogP contribution < -0.4 is 10.6 Å². The first-order valence-corrected chi connectivity index (χ1v) is 7.10. The summed E-state index contributed by atoms with van der Waals surface area (Å²) in [5.74, 6) is 2.77. The van der Waals surface area contributed by atoms with Crippen LogP contribution in [0.1, 0.15) is 44.6 Å². The van der Waals surface area contributed by atoms with Crippen LogP contribution in [0.4, 0.5) is 11.6 Å². The number of rotatable bonds is 6. The van der Waals surface area contributed by atoms with Crippen molar-refractivity contribution in [3.63, 3.8) is 0 Å². The first kappa shape index (κ1) is 13.1. The molecule has 1 fully saturated rings. The van der Waals surface area contributed by atoms with E-state index in [0.29, 0.717) is 0 Å². The summed E-state index contributed by atoms with van der Waals surface area (Å²) in [6.07, 6.45) is 8.24. The Hall–Kier alpha value is -1.32. The van der Waals surface area contributed by atoms with E-state index >= 15 is 0 Å². The van der Waals surface area contributed by atoms with E-state index in [2.05, 4.69) is 34.4 Å². The molecule has 0 amide bonds. The zero-order chi connectivity index (χ0) is 12.8. The second-order valence-electron chi connectivity index (χ2n) is 5.15. The molecule has 1 saturated carbocycles. The Morgan fingerprint density at radius 2 is 1.83 bits per heavy atom. The minimum absolute atomic E-state index is 0.825. The van der Waals surface area contributed by atoms with E-state index in [1.165, 1.54) is 25.7 Å². The van der Waals surface area contributed by atoms with Gasteiger partial charge in [0, 0.05) is 18.7 Å². The van der Waals surface area contributed by atoms with Crippen molar-refractivity contribution in [1.82, 2.24) is 9.97 Å². The lowest BCUT2D eigenvalue weighted by Crippen LogP contribution is -2.14. The smallest absolute Gasteiger partial charge is 0.134 e. The van der Waals surface area contributed by atoms with Crippen LogP contribution in [0.5, 0.6) is 0 Å². The molecule has 1 aliphatic carbocycles. The number of hydrogen-bond acceptors (Lipinski definition) is 4. The van der Waals surface area contributed by atoms with Crippen LogP contribution in [0.15, 0.2) is 6.33 Å². The maximum atomic E-state index is 4.35. The summed E-state index contributed by atoms with van der Waals surface area (Å²) >= 11 is 0. The molecule has 1 aliphatic rings. The van der Waals surface area contributed by atoms with Gasteiger partial charge in [0.25, 0.3) is 0 Å². The molecule has 4 heteroatoms. The Balaban J connectivity index is 1.94. The van der Waals surface area contributed by atoms with Gasteiger partial charge in [0.15, 0.2) is 0 Å². The molecule has 18 heavy (non-hydrogen) atoms. The van der Waals surface area contributed by atoms with E-state index in [1.807, 2.05) is 0 Å². The maximum Gasteiger partial charge on any atom is 0.134 e. The molecule has 0 atom stereocenters. The van der Waals surface area contributed by atoms with Gasteiger partial charge in [0.2, 0.25) is 0 Å². The van der Waals surface area contributed by atoms with Gasteiger partial charge in [-0.25, -0.2) is 9.97 Å². The molecule has 2 rings (SSSR count). The predicted molar refractivity (Wildman–Crippen MR) is 76.0 cm³/mol. The van der Waals surface area contributed by atoms with E-state index in [4.69, 9.17) is 0 Å². The highest BCUT2D eigenvalue weighted by Crippen LogP contribution is 2.25. The van der Waals surface area contributed by atoms with Gasteiger partial charge in [0.05, 0.1) is 0 Å². The zero-order valence-electron chi connectivity index (χ0n) is 11.5. The lowest BCUT2D eigenvalue weighted by molar-refractivity contribution is 0.578. The third-order valence-corrected chi connectivity index (χ3v) is 3.66. The molecular weight excluding hydrogens is 224 g/mol. The van der Waals surface area contributed by atoms with Crippen LogP contribution in [-0.2, 0) is 0 Å². The minimum Gasteiger partial charge on any atom is -0.370 e. The average Bonchev–Trinajstić information content (AvgIpc) is 2.89. The fraction of sp³-hybridized carbons (Fsp3) is 0.714. The molecule has 1 aromatic heterocycles. The standard InChI is InChI=1S/C14H24N4/c1-3-8-15-13-11(2)14(18-10-17-13)16-9-12-6-4-5-7-12/h10,12H,3-9H2,1-2H3,(H2,15,16,17,18). The Bertz CT molecular complexity index is 372. The van der Waals surface area contributed by atoms with Gasteiger partial charge in [-0.15, -0.1) is 0 Å². The van der Waals surface area contributed by atoms with Crippen molar-refractivity contribution in [1.29, 1.82) is 0 Å². The molecule has 100 valence electrons. The number of nitrogens with one attached hydrogen (secondary N) is 2. The summed E-state index contributed by atoms with van der Waals surface area (Å²) in [5, 5.41) is 6.82. The fourth-order valence-electron chi connectivity index (χ4n) is 2.51. The third-order valence-electron chi connectivity index (χ3n) is 3.66. The van der Waals surface area contributed by atoms with Crippen LogP contribution in [0.3, 0.4) is 0 Å². The number of nitrogens with zero attached hydrogens (tertiary/aromatic N) is 2. The molecule has 0 spiro atoms. The lowest BCUT2D eigenvalue weighted by Gasteiger charge is -2.14. The number of aromatic nitrogens is 2. The summed E-state index contributed by atoms with van der Waals surface area (Å²) in [6, 6.07) is 0. The molecule has 0 aliphatic heterocycles. The quantitative estimate of drug-likeness (QED) is 0.811. The average molecular weight is 248 g/mol. The SMILES string of the molecule is CCCNc1ncnc(NCC2CCCC2)c1C. The monoisotopic (exact) mass is 248 g/mol. The van der Waals surface area contributed by atoms with Crippen LogP contribution in [0.2, 0.25) is 0 Å². The topological polar surface area (TPSA) is 49.8 Å². The van der Waals surface area contributed by atoms with E-state index in [-0.39, 0.29) is 0 Å². The Labute approximate surface area is 110 Å². The van der Waals surface area contributed by atoms with Gasteiger partial charge in [-0.1, -0.05) is 19.8 Å². The second kappa shape index (κ2) is 6.57. The van der Waals surface area contributed by atoms with Crippen molar-refractivity contribution in [2.75, 3.05) is 23.7 Å². The highest BCUT2D eigenvalue weighted by atomic mass is 15.1. The van der Waals surface area contributed by atoms with Crippen LogP contribution >= 0.6 is 0 Å². The maximum absolute atomic E-state index is 4.35. The van der Waals surface area contributed by atoms with Crippen LogP contribution in [-0.4, -0.2) is 23.1 Å². The van der Waals surface area contributed by atoms with Crippen LogP contribution in [0.25, 0.3) is 0 Å². The van der Waals surface area contributed by atoms with E-state index < -0.39 is 0 Å². The summed E-state index contributed by atoms with van der Waals surface area (Å²) < 4.78 is 0. The Kier molecular flexibility index (Phi) is 4.79. The van der Waals surface area contributed by atoms with Gasteiger partial charge in [-0.05, 0) is 32.1 Å². The molecule has 4 nitrogen and oxygen atoms in total. The molecule has 0 aromatic carbocycles. The van der Waals surface area contributed by atoms with Crippen molar-refractivity contribution < 1.29 is 0 Å². The van der Waals surface area contributed by atoms with Gasteiger partial charge in [-0.2, -0.15) is 0 Å². The highest BCUT2D eigenvalue weighted by molar-refractivity contribution is 5.56. The van der Waals surface area contributed by atoms with Gasteiger partial charge in [0.1, 0.15) is 18.0 Å². The van der Waals surface area contributed by atoms with Crippen molar-refractivity contribution in [3.05, 3.63) is 11.9 Å². The van der Waals surface area contributed by atoms with Gasteiger partial charge in [-0.3, -0.25) is 0 Å². The van der Waals surface area contributed by atoms with Crippen LogP contribution in [0, 0.1) is 12.8 Å². The zero-order valence-corrected chi connectivity index (χ0v) is 11.5. The summed E-state index contributed by atoms with van der Waals surface area (Å²) in [5.41, 5.74) is 1.13. The first-order valence-electron chi connectivity index (χ1n) is 7.10. The minimum atomic E-state index is 0.825. The molecule has 1 heterocycles. The third kappa shape index (κ3) is 3.34. The summed E-state index contributed by atoms with van der Waals surface area (Å²) in [7, 11) is 0. The molecule has 2 N–H and O–H groups in total. The van der Waals surface area contributed by atoms with E-state index in [9.17, 15) is 0 Å². The molecule has 1 aromatic rings. The predicted octanol–water partition coefficient (Wildman–Crippen LogP) is 3.21. The molecule has 0 saturated heterocycles. The summed E-state index contributed by atoms with van der Waals surface area (Å²) in [6.45, 7) is 6.24. The fourth-order valence-corrected chi connectivity index (χ4v) is 2.51. The number of anilines is 2. The first-order chi connectivity index (χ1) is 8.81. The Morgan fingerprint density at radius 1 is 1.17 bits per heavy atom. The van der Waals surface area contributed by atoms with Crippen molar-refractivity contribution in [2.24, 2.45) is 5.92 Å². The molecular formula is C14H24N4. The van der Waals surface area contributed by atoms with Crippen molar-refractivity contribution in [2.45, 2.75) is 46.0 Å². The van der Waals surface area contributed by atoms with E-state index in [1.54, 1.807) is 6.33 Å². The second-order valence-corrected chi connectivity index (χ2v) is 5.15. The molecule has 0 bridgehead atoms. The normalized spacial score (nSPS) is 15.9. The lowest BCUT2D eigenvalue weighted by atomic mass is 10.1. The van der Waals surface area contributed by atoms with Gasteiger partial charge >= 0.3 is 0 Å². The highest BCUT2D eigenvalue weighted by Gasteiger charge is 2.15. The number of hydrogen-bond donors (Lipinski definition) is 2. The van der Waals surface area contributed by atoms with Crippen molar-refractivity contribution in [3.8, 4) is 0 Å². The Morgan fingerprint density at radius 3 is 2.50 bits per heavy atom. The van der Waals surface area contributed by atoms with Gasteiger partial charge < -0.3 is 10.6 Å². The molecule has 0 radical (unpaired) electrons. The largest absolute Gasteiger partial charge is 0.370 e. The van der Waals surface area contributed by atoms with Crippen molar-refractivity contribution >= 4 is 11.6 Å². The molecule has 0 unspecified atom stereocenters. The summed E-state index contributed by atoms with van der Waals surface area (Å²) in [4.78, 5) is 8.64.